The molecule has 0 atom stereocenters. The molecule has 2 aromatic carbocycles. The average molecular weight is 404 g/mol. The minimum atomic E-state index is -3.75. The van der Waals surface area contributed by atoms with Crippen LogP contribution in [0.25, 0.3) is 10.8 Å². The molecule has 0 spiro atoms. The van der Waals surface area contributed by atoms with Crippen molar-refractivity contribution in [2.75, 3.05) is 0 Å². The second kappa shape index (κ2) is 8.72. The number of unbranched alkanes of at least 4 members (excludes halogenated alkanes) is 2. The number of ether oxygens (including phenoxy) is 1. The van der Waals surface area contributed by atoms with Gasteiger partial charge >= 0.3 is 11.7 Å². The smallest absolute Gasteiger partial charge is 0.426 e. The second-order valence-corrected chi connectivity index (χ2v) is 6.97. The van der Waals surface area contributed by atoms with Crippen LogP contribution in [0.2, 0.25) is 0 Å². The molecule has 29 heavy (non-hydrogen) atoms. The van der Waals surface area contributed by atoms with Crippen molar-refractivity contribution in [3.8, 4) is 5.75 Å². The molecule has 1 aromatic heterocycles. The number of alkyl halides is 2. The summed E-state index contributed by atoms with van der Waals surface area (Å²) in [6, 6.07) is 9.80. The summed E-state index contributed by atoms with van der Waals surface area (Å²) in [5, 5.41) is -0.121. The first-order valence-electron chi connectivity index (χ1n) is 9.77. The van der Waals surface area contributed by atoms with Crippen LogP contribution >= 0.6 is 0 Å². The van der Waals surface area contributed by atoms with E-state index in [0.29, 0.717) is 12.2 Å². The number of aryl methyl sites for hydroxylation is 2. The molecule has 1 heterocycles. The van der Waals surface area contributed by atoms with Gasteiger partial charge in [0.05, 0.1) is 5.56 Å². The van der Waals surface area contributed by atoms with Crippen molar-refractivity contribution in [1.82, 2.24) is 0 Å². The number of fused-ring (bicyclic) bond motifs is 1. The Morgan fingerprint density at radius 3 is 2.41 bits per heavy atom. The van der Waals surface area contributed by atoms with Crippen molar-refractivity contribution >= 4 is 10.8 Å². The maximum absolute atomic E-state index is 14.7. The summed E-state index contributed by atoms with van der Waals surface area (Å²) >= 11 is 0. The van der Waals surface area contributed by atoms with E-state index < -0.39 is 28.7 Å². The highest BCUT2D eigenvalue weighted by molar-refractivity contribution is 5.83. The van der Waals surface area contributed by atoms with E-state index in [-0.39, 0.29) is 10.9 Å². The van der Waals surface area contributed by atoms with E-state index in [1.54, 1.807) is 19.1 Å². The molecule has 6 heteroatoms. The molecule has 0 radical (unpaired) electrons. The van der Waals surface area contributed by atoms with Gasteiger partial charge in [-0.2, -0.15) is 8.78 Å². The van der Waals surface area contributed by atoms with Crippen LogP contribution in [0.5, 0.6) is 5.75 Å². The van der Waals surface area contributed by atoms with Crippen LogP contribution in [-0.2, 0) is 19.0 Å². The molecule has 0 N–H and O–H groups in total. The van der Waals surface area contributed by atoms with Crippen molar-refractivity contribution < 1.29 is 22.3 Å². The summed E-state index contributed by atoms with van der Waals surface area (Å²) in [6.07, 6.45) is 0.676. The van der Waals surface area contributed by atoms with E-state index in [1.165, 1.54) is 24.3 Å². The third kappa shape index (κ3) is 4.63. The largest absolute Gasteiger partial charge is 0.427 e. The Kier molecular flexibility index (Phi) is 6.30. The minimum Gasteiger partial charge on any atom is -0.427 e. The number of halogens is 3. The van der Waals surface area contributed by atoms with Gasteiger partial charge in [0.1, 0.15) is 11.1 Å². The Labute approximate surface area is 167 Å². The van der Waals surface area contributed by atoms with E-state index in [1.807, 2.05) is 0 Å². The quantitative estimate of drug-likeness (QED) is 0.410. The van der Waals surface area contributed by atoms with Crippen molar-refractivity contribution in [2.45, 2.75) is 52.1 Å². The van der Waals surface area contributed by atoms with E-state index >= 15 is 0 Å². The zero-order chi connectivity index (χ0) is 21.0. The van der Waals surface area contributed by atoms with Gasteiger partial charge in [-0.05, 0) is 48.1 Å². The first-order chi connectivity index (χ1) is 13.9. The van der Waals surface area contributed by atoms with Crippen LogP contribution in [0.4, 0.5) is 13.2 Å². The molecule has 0 aliphatic rings. The third-order valence-electron chi connectivity index (χ3n) is 4.83. The van der Waals surface area contributed by atoms with Gasteiger partial charge in [0.15, 0.2) is 11.6 Å². The predicted octanol–water partition coefficient (Wildman–Crippen LogP) is 6.36. The van der Waals surface area contributed by atoms with Crippen molar-refractivity contribution in [3.63, 3.8) is 0 Å². The molecule has 0 fully saturated rings. The average Bonchev–Trinajstić information content (AvgIpc) is 2.70. The van der Waals surface area contributed by atoms with Crippen LogP contribution in [0.15, 0.2) is 51.7 Å². The Morgan fingerprint density at radius 1 is 1.03 bits per heavy atom. The Hall–Kier alpha value is -2.76. The van der Waals surface area contributed by atoms with Gasteiger partial charge in [-0.15, -0.1) is 0 Å². The zero-order valence-electron chi connectivity index (χ0n) is 16.4. The Balaban J connectivity index is 1.86. The van der Waals surface area contributed by atoms with Crippen LogP contribution < -0.4 is 10.4 Å². The zero-order valence-corrected chi connectivity index (χ0v) is 16.4. The molecule has 3 nitrogen and oxygen atoms in total. The molecule has 3 aromatic rings. The van der Waals surface area contributed by atoms with E-state index in [2.05, 4.69) is 11.7 Å². The fourth-order valence-electron chi connectivity index (χ4n) is 3.17. The lowest BCUT2D eigenvalue weighted by Gasteiger charge is -2.19. The highest BCUT2D eigenvalue weighted by Gasteiger charge is 2.35. The van der Waals surface area contributed by atoms with Gasteiger partial charge in [0, 0.05) is 6.42 Å². The molecule has 0 saturated heterocycles. The highest BCUT2D eigenvalue weighted by atomic mass is 19.3. The van der Waals surface area contributed by atoms with Crippen LogP contribution in [0, 0.1) is 5.82 Å². The van der Waals surface area contributed by atoms with Crippen molar-refractivity contribution in [3.05, 3.63) is 75.6 Å². The molecule has 154 valence electrons. The maximum atomic E-state index is 14.7. The fraction of sp³-hybridized carbons (Fsp3) is 0.348. The monoisotopic (exact) mass is 404 g/mol. The molecule has 3 rings (SSSR count). The molecule has 0 aliphatic heterocycles. The van der Waals surface area contributed by atoms with Gasteiger partial charge in [0.25, 0.3) is 0 Å². The summed E-state index contributed by atoms with van der Waals surface area (Å²) in [7, 11) is 0. The van der Waals surface area contributed by atoms with Gasteiger partial charge in [-0.3, -0.25) is 0 Å². The Bertz CT molecular complexity index is 1040. The van der Waals surface area contributed by atoms with Crippen molar-refractivity contribution in [2.24, 2.45) is 0 Å². The SMILES string of the molecule is CCCCCc1ccc(C(F)(F)Oc2ccc3cc(CC)oc(=O)c3c2F)cc1. The van der Waals surface area contributed by atoms with Gasteiger partial charge in [0.2, 0.25) is 0 Å². The van der Waals surface area contributed by atoms with Gasteiger partial charge < -0.3 is 9.15 Å². The number of rotatable bonds is 8. The highest BCUT2D eigenvalue weighted by Crippen LogP contribution is 2.35. The van der Waals surface area contributed by atoms with E-state index in [9.17, 15) is 18.0 Å². The molecular weight excluding hydrogens is 381 g/mol. The minimum absolute atomic E-state index is 0.280. The van der Waals surface area contributed by atoms with Gasteiger partial charge in [-0.25, -0.2) is 9.18 Å². The number of benzene rings is 2. The summed E-state index contributed by atoms with van der Waals surface area (Å²) in [6.45, 7) is 3.88. The molecule has 0 aliphatic carbocycles. The first kappa shape index (κ1) is 21.0. The lowest BCUT2D eigenvalue weighted by molar-refractivity contribution is -0.186. The standard InChI is InChI=1S/C23H23F3O3/c1-3-5-6-7-15-8-11-17(12-9-15)23(25,26)29-19-13-10-16-14-18(4-2)28-22(27)20(16)21(19)24/h8-14H,3-7H2,1-2H3. The first-order valence-corrected chi connectivity index (χ1v) is 9.77. The number of hydrogen-bond acceptors (Lipinski definition) is 3. The number of hydrogen-bond donors (Lipinski definition) is 0. The van der Waals surface area contributed by atoms with Crippen LogP contribution in [0.1, 0.15) is 50.0 Å². The van der Waals surface area contributed by atoms with E-state index in [0.717, 1.165) is 37.3 Å². The fourth-order valence-corrected chi connectivity index (χ4v) is 3.17. The predicted molar refractivity (Wildman–Crippen MR) is 106 cm³/mol. The third-order valence-corrected chi connectivity index (χ3v) is 4.83. The second-order valence-electron chi connectivity index (χ2n) is 6.97. The lowest BCUT2D eigenvalue weighted by atomic mass is 10.0. The van der Waals surface area contributed by atoms with Crippen LogP contribution in [-0.4, -0.2) is 0 Å². The molecule has 0 saturated carbocycles. The Morgan fingerprint density at radius 2 is 1.76 bits per heavy atom. The van der Waals surface area contributed by atoms with Crippen molar-refractivity contribution in [1.29, 1.82) is 0 Å². The molecule has 0 unspecified atom stereocenters. The summed E-state index contributed by atoms with van der Waals surface area (Å²) in [4.78, 5) is 12.1. The normalized spacial score (nSPS) is 11.8. The summed E-state index contributed by atoms with van der Waals surface area (Å²) < 4.78 is 53.6. The molecule has 0 amide bonds. The summed E-state index contributed by atoms with van der Waals surface area (Å²) in [5.41, 5.74) is -0.342. The molecule has 0 bridgehead atoms. The van der Waals surface area contributed by atoms with E-state index in [4.69, 9.17) is 4.42 Å². The van der Waals surface area contributed by atoms with Crippen LogP contribution in [0.3, 0.4) is 0 Å². The summed E-state index contributed by atoms with van der Waals surface area (Å²) in [5.74, 6) is -1.47. The lowest BCUT2D eigenvalue weighted by Crippen LogP contribution is -2.22. The van der Waals surface area contributed by atoms with Gasteiger partial charge in [-0.1, -0.05) is 44.9 Å². The topological polar surface area (TPSA) is 39.4 Å². The maximum Gasteiger partial charge on any atom is 0.426 e. The molecular formula is C23H23F3O3.